The Morgan fingerprint density at radius 3 is 1.44 bits per heavy atom. The lowest BCUT2D eigenvalue weighted by Crippen LogP contribution is -2.53. The highest BCUT2D eigenvalue weighted by Crippen LogP contribution is 2.30. The molecule has 576 valence electrons. The monoisotopic (exact) mass is 1540 g/mol. The number of hydrogen-bond acceptors (Lipinski definition) is 16. The van der Waals surface area contributed by atoms with Crippen molar-refractivity contribution in [2.75, 3.05) is 63.0 Å². The molecule has 1 fully saturated rings. The van der Waals surface area contributed by atoms with E-state index in [1.807, 2.05) is 185 Å². The SMILES string of the molecule is C=C(N)Cc1c(Cc2ccccc2)ncn1Cc1cccc(NC(C)=O)c1.C=C(N)Cc1c(Cc2ccccc2)ncn1Cc1cccc(NS(C)(=O)=O)c1.CC(O)Cc1c(-c2ccccc2)ncn1Cc1cccc(CS(C)(=O)=O)c1.CS(=O)(=O)Nc1cccc(N2CCN(c3ccccc3)CC2CCC(N)=O)c1. The van der Waals surface area contributed by atoms with Gasteiger partial charge in [0.15, 0.2) is 9.84 Å². The number of carbonyl (C=O) groups excluding carboxylic acids is 2. The summed E-state index contributed by atoms with van der Waals surface area (Å²) < 4.78 is 80.4. The fraction of sp³-hybridized carbons (Fsp3) is 0.250. The van der Waals surface area contributed by atoms with E-state index in [9.17, 15) is 39.9 Å². The van der Waals surface area contributed by atoms with Gasteiger partial charge >= 0.3 is 0 Å². The normalized spacial score (nSPS) is 13.1. The van der Waals surface area contributed by atoms with Crippen LogP contribution in [0.1, 0.15) is 88.5 Å². The van der Waals surface area contributed by atoms with Crippen molar-refractivity contribution in [1.82, 2.24) is 28.7 Å². The lowest BCUT2D eigenvalue weighted by molar-refractivity contribution is -0.118. The van der Waals surface area contributed by atoms with Crippen LogP contribution in [0.4, 0.5) is 28.4 Å². The topological polar surface area (TPSA) is 331 Å². The zero-order chi connectivity index (χ0) is 79.0. The van der Waals surface area contributed by atoms with Gasteiger partial charge in [0, 0.05) is 154 Å². The molecule has 23 nitrogen and oxygen atoms in total. The van der Waals surface area contributed by atoms with Crippen LogP contribution in [0.2, 0.25) is 0 Å². The van der Waals surface area contributed by atoms with Gasteiger partial charge < -0.3 is 51.1 Å². The molecule has 2 amide bonds. The number of sulfonamides is 2. The summed E-state index contributed by atoms with van der Waals surface area (Å²) in [5.41, 5.74) is 35.4. The van der Waals surface area contributed by atoms with E-state index in [1.165, 1.54) is 24.3 Å². The van der Waals surface area contributed by atoms with Gasteiger partial charge in [-0.25, -0.2) is 40.2 Å². The van der Waals surface area contributed by atoms with Crippen LogP contribution >= 0.6 is 0 Å². The fourth-order valence-corrected chi connectivity index (χ4v) is 14.8. The minimum Gasteiger partial charge on any atom is -0.402 e. The molecular weight excluding hydrogens is 1450 g/mol. The number of aliphatic hydroxyl groups is 1. The third kappa shape index (κ3) is 27.0. The second-order valence-electron chi connectivity index (χ2n) is 27.5. The number of allylic oxidation sites excluding steroid dienone is 2. The standard InChI is InChI=1S/C22H24N4O.C21H24N4O2S.C21H24N2O3S.C20H26N4O3S/c1-16(23)11-22-21(13-18-7-4-3-5-8-18)24-15-26(22)14-19-9-6-10-20(12-19)25-17(2)27;1-16(22)11-21-20(13-17-7-4-3-5-8-17)23-15-25(21)14-18-9-6-10-19(12-18)24-28(2,26)27;1-16(24)11-20-21(19-9-4-3-5-10-19)22-15-23(20)13-17-7-6-8-18(12-17)14-27(2,25)26;1-28(26,27)22-16-6-5-9-18(14-16)24-13-12-23(17-7-3-2-4-8-17)15-19(24)10-11-20(21)25/h3-10,12,15H,1,11,13-14,23H2,2H3,(H,25,27);3-10,12,15,24H,1,11,13-14,22H2,2H3;3-10,12,15-16,24H,11,13-14H2,1-2H3;2-9,14,19,22H,10-13,15H2,1H3,(H2,21,25). The van der Waals surface area contributed by atoms with Gasteiger partial charge in [-0.3, -0.25) is 19.0 Å². The Hall–Kier alpha value is -11.6. The Labute approximate surface area is 646 Å². The Morgan fingerprint density at radius 1 is 0.518 bits per heavy atom. The van der Waals surface area contributed by atoms with Crippen molar-refractivity contribution in [2.45, 2.75) is 96.3 Å². The molecule has 0 spiro atoms. The van der Waals surface area contributed by atoms with E-state index in [4.69, 9.17) is 17.2 Å². The minimum atomic E-state index is -3.34. The first kappa shape index (κ1) is 82.5. The highest BCUT2D eigenvalue weighted by molar-refractivity contribution is 7.92. The summed E-state index contributed by atoms with van der Waals surface area (Å²) >= 11 is 0. The van der Waals surface area contributed by atoms with Gasteiger partial charge in [0.25, 0.3) is 0 Å². The van der Waals surface area contributed by atoms with Crippen LogP contribution in [0.15, 0.2) is 262 Å². The van der Waals surface area contributed by atoms with Crippen LogP contribution in [0.5, 0.6) is 0 Å². The Bertz CT molecular complexity index is 5250. The highest BCUT2D eigenvalue weighted by atomic mass is 32.2. The molecule has 0 radical (unpaired) electrons. The smallest absolute Gasteiger partial charge is 0.229 e. The number of para-hydroxylation sites is 1. The molecule has 10 N–H and O–H groups in total. The van der Waals surface area contributed by atoms with Crippen LogP contribution in [0, 0.1) is 0 Å². The van der Waals surface area contributed by atoms with Crippen LogP contribution in [-0.2, 0) is 97.0 Å². The van der Waals surface area contributed by atoms with Crippen molar-refractivity contribution < 1.29 is 39.9 Å². The van der Waals surface area contributed by atoms with E-state index in [1.54, 1.807) is 31.7 Å². The maximum absolute atomic E-state index is 11.6. The number of piperazine rings is 1. The van der Waals surface area contributed by atoms with Crippen molar-refractivity contribution in [3.05, 3.63) is 324 Å². The van der Waals surface area contributed by atoms with Crippen molar-refractivity contribution >= 4 is 70.1 Å². The quantitative estimate of drug-likeness (QED) is 0.0229. The number of sulfone groups is 1. The van der Waals surface area contributed by atoms with E-state index >= 15 is 0 Å². The number of aromatic nitrogens is 6. The van der Waals surface area contributed by atoms with Gasteiger partial charge in [0.05, 0.1) is 66.1 Å². The summed E-state index contributed by atoms with van der Waals surface area (Å²) in [4.78, 5) is 41.0. The Kier molecular flexibility index (Phi) is 29.2. The predicted molar refractivity (Wildman–Crippen MR) is 441 cm³/mol. The summed E-state index contributed by atoms with van der Waals surface area (Å²) in [7, 11) is -9.74. The number of nitrogens with zero attached hydrogens (tertiary/aromatic N) is 8. The van der Waals surface area contributed by atoms with E-state index in [-0.39, 0.29) is 23.6 Å². The molecule has 4 heterocycles. The average Bonchev–Trinajstić information content (AvgIpc) is 1.76. The lowest BCUT2D eigenvalue weighted by Gasteiger charge is -2.44. The zero-order valence-corrected chi connectivity index (χ0v) is 65.2. The molecule has 0 aliphatic carbocycles. The number of carbonyl (C=O) groups is 2. The molecule has 1 aliphatic heterocycles. The van der Waals surface area contributed by atoms with Crippen molar-refractivity contribution in [3.8, 4) is 11.3 Å². The number of rotatable bonds is 29. The minimum absolute atomic E-state index is 0.0283. The van der Waals surface area contributed by atoms with E-state index in [0.29, 0.717) is 80.9 Å². The van der Waals surface area contributed by atoms with E-state index < -0.39 is 36.0 Å². The number of benzene rings is 8. The molecule has 0 bridgehead atoms. The average molecular weight is 1540 g/mol. The van der Waals surface area contributed by atoms with Gasteiger partial charge in [-0.05, 0) is 101 Å². The molecule has 3 aromatic heterocycles. The second kappa shape index (κ2) is 39.0. The van der Waals surface area contributed by atoms with E-state index in [2.05, 4.69) is 93.6 Å². The Morgan fingerprint density at radius 2 is 0.945 bits per heavy atom. The molecule has 1 aliphatic rings. The highest BCUT2D eigenvalue weighted by Gasteiger charge is 2.28. The number of aliphatic hydroxyl groups excluding tert-OH is 1. The lowest BCUT2D eigenvalue weighted by atomic mass is 10.0. The van der Waals surface area contributed by atoms with E-state index in [0.717, 1.165) is 118 Å². The summed E-state index contributed by atoms with van der Waals surface area (Å²) in [6.45, 7) is 15.1. The summed E-state index contributed by atoms with van der Waals surface area (Å²) in [5.74, 6) is -0.370. The molecule has 1 saturated heterocycles. The van der Waals surface area contributed by atoms with Crippen molar-refractivity contribution in [3.63, 3.8) is 0 Å². The molecule has 11 aromatic rings. The molecular formula is C84H98N14O9S3. The van der Waals surface area contributed by atoms with Crippen LogP contribution in [0.25, 0.3) is 11.3 Å². The number of primary amides is 1. The Balaban J connectivity index is 0.000000169. The molecule has 12 rings (SSSR count). The molecule has 2 unspecified atom stereocenters. The number of hydrogen-bond donors (Lipinski definition) is 7. The first-order chi connectivity index (χ1) is 52.4. The largest absolute Gasteiger partial charge is 0.402 e. The van der Waals surface area contributed by atoms with Crippen molar-refractivity contribution in [1.29, 1.82) is 0 Å². The maximum Gasteiger partial charge on any atom is 0.229 e. The number of imidazole rings is 3. The molecule has 2 atom stereocenters. The van der Waals surface area contributed by atoms with Gasteiger partial charge in [-0.1, -0.05) is 177 Å². The second-order valence-corrected chi connectivity index (χ2v) is 33.2. The van der Waals surface area contributed by atoms with Crippen LogP contribution < -0.4 is 41.8 Å². The number of nitrogens with one attached hydrogen (secondary N) is 3. The first-order valence-electron chi connectivity index (χ1n) is 35.8. The van der Waals surface area contributed by atoms with Gasteiger partial charge in [0.2, 0.25) is 31.9 Å². The zero-order valence-electron chi connectivity index (χ0n) is 62.7. The fourth-order valence-electron chi connectivity index (χ4n) is 13.0. The summed E-state index contributed by atoms with van der Waals surface area (Å²) in [6.07, 6.45) is 12.5. The third-order valence-corrected chi connectivity index (χ3v) is 19.6. The number of anilines is 5. The summed E-state index contributed by atoms with van der Waals surface area (Å²) in [6, 6.07) is 70.6. The predicted octanol–water partition coefficient (Wildman–Crippen LogP) is 11.5. The van der Waals surface area contributed by atoms with Gasteiger partial charge in [-0.2, -0.15) is 0 Å². The first-order valence-corrected chi connectivity index (χ1v) is 41.7. The molecule has 110 heavy (non-hydrogen) atoms. The number of amides is 2. The van der Waals surface area contributed by atoms with Gasteiger partial charge in [0.1, 0.15) is 0 Å². The third-order valence-electron chi connectivity index (χ3n) is 17.5. The molecule has 8 aromatic carbocycles. The van der Waals surface area contributed by atoms with Crippen LogP contribution in [-0.4, -0.2) is 121 Å². The molecule has 0 saturated carbocycles. The van der Waals surface area contributed by atoms with Crippen molar-refractivity contribution in [2.24, 2.45) is 17.2 Å². The summed E-state index contributed by atoms with van der Waals surface area (Å²) in [5, 5.41) is 12.8. The number of nitrogens with two attached hydrogens (primary N) is 3. The molecule has 26 heteroatoms. The van der Waals surface area contributed by atoms with Gasteiger partial charge in [-0.15, -0.1) is 0 Å². The maximum atomic E-state index is 11.6. The van der Waals surface area contributed by atoms with Crippen LogP contribution in [0.3, 0.4) is 0 Å².